The molecule has 0 spiro atoms. The highest BCUT2D eigenvalue weighted by Crippen LogP contribution is 2.42. The highest BCUT2D eigenvalue weighted by atomic mass is 32.2. The largest absolute Gasteiger partial charge is 0.478 e. The predicted molar refractivity (Wildman–Crippen MR) is 121 cm³/mol. The maximum atomic E-state index is 13.4. The first kappa shape index (κ1) is 20.5. The third kappa shape index (κ3) is 4.38. The van der Waals surface area contributed by atoms with Gasteiger partial charge in [0.1, 0.15) is 0 Å². The van der Waals surface area contributed by atoms with E-state index in [2.05, 4.69) is 12.2 Å². The van der Waals surface area contributed by atoms with E-state index in [4.69, 9.17) is 5.11 Å². The van der Waals surface area contributed by atoms with Crippen molar-refractivity contribution in [1.82, 2.24) is 4.90 Å². The van der Waals surface area contributed by atoms with Gasteiger partial charge in [-0.3, -0.25) is 4.79 Å². The lowest BCUT2D eigenvalue weighted by molar-refractivity contribution is -0.129. The summed E-state index contributed by atoms with van der Waals surface area (Å²) in [5.74, 6) is -0.433. The molecule has 2 aromatic carbocycles. The molecule has 5 nitrogen and oxygen atoms in total. The molecule has 0 aromatic heterocycles. The van der Waals surface area contributed by atoms with Gasteiger partial charge >= 0.3 is 5.97 Å². The van der Waals surface area contributed by atoms with Crippen LogP contribution in [0.25, 0.3) is 6.08 Å². The average molecular weight is 423 g/mol. The minimum absolute atomic E-state index is 0.0505. The molecule has 1 saturated carbocycles. The fraction of sp³-hybridized carbons (Fsp3) is 0.333. The Kier molecular flexibility index (Phi) is 6.13. The molecule has 1 saturated heterocycles. The van der Waals surface area contributed by atoms with Crippen molar-refractivity contribution in [1.29, 1.82) is 0 Å². The number of nitrogens with zero attached hydrogens (tertiary/aromatic N) is 1. The van der Waals surface area contributed by atoms with E-state index in [1.54, 1.807) is 24.3 Å². The lowest BCUT2D eigenvalue weighted by atomic mass is 9.85. The maximum absolute atomic E-state index is 13.4. The van der Waals surface area contributed by atoms with Crippen LogP contribution in [0.2, 0.25) is 0 Å². The second-order valence-electron chi connectivity index (χ2n) is 7.96. The molecular formula is C24H26N2O3S. The van der Waals surface area contributed by atoms with Crippen molar-refractivity contribution in [3.63, 3.8) is 0 Å². The zero-order valence-corrected chi connectivity index (χ0v) is 17.8. The maximum Gasteiger partial charge on any atom is 0.335 e. The summed E-state index contributed by atoms with van der Waals surface area (Å²) in [4.78, 5) is 27.2. The van der Waals surface area contributed by atoms with Gasteiger partial charge in [-0.1, -0.05) is 61.9 Å². The summed E-state index contributed by atoms with van der Waals surface area (Å²) >= 11 is 1.53. The molecule has 2 aromatic rings. The van der Waals surface area contributed by atoms with Crippen molar-refractivity contribution in [2.45, 2.75) is 44.1 Å². The molecule has 2 N–H and O–H groups in total. The van der Waals surface area contributed by atoms with Crippen LogP contribution in [-0.4, -0.2) is 33.4 Å². The Balaban J connectivity index is 1.62. The van der Waals surface area contributed by atoms with Gasteiger partial charge in [0.25, 0.3) is 5.91 Å². The summed E-state index contributed by atoms with van der Waals surface area (Å²) in [5.41, 5.74) is 1.90. The Morgan fingerprint density at radius 1 is 1.10 bits per heavy atom. The van der Waals surface area contributed by atoms with Crippen LogP contribution in [0.4, 0.5) is 5.69 Å². The number of hydrogen-bond donors (Lipinski definition) is 2. The SMILES string of the molecule is C[C@H]1CCCC[C@H]1N1C(=O)/C(=C/c2ccc(C(=O)O)cc2)SC1Nc1ccccc1. The molecule has 2 aliphatic rings. The number of para-hydroxylation sites is 1. The standard InChI is InChI=1S/C24H26N2O3S/c1-16-7-5-6-10-20(16)26-22(27)21(15-17-11-13-18(14-12-17)23(28)29)30-24(26)25-19-8-3-2-4-9-19/h2-4,8-9,11-16,20,24-25H,5-7,10H2,1H3,(H,28,29)/b21-15-/t16-,20+,24?/m0/s1. The lowest BCUT2D eigenvalue weighted by Crippen LogP contribution is -2.48. The first-order chi connectivity index (χ1) is 14.5. The van der Waals surface area contributed by atoms with Gasteiger partial charge in [0.2, 0.25) is 0 Å². The van der Waals surface area contributed by atoms with E-state index < -0.39 is 5.97 Å². The van der Waals surface area contributed by atoms with Crippen LogP contribution in [0.3, 0.4) is 0 Å². The quantitative estimate of drug-likeness (QED) is 0.642. The number of carbonyl (C=O) groups excluding carboxylic acids is 1. The Morgan fingerprint density at radius 2 is 1.80 bits per heavy atom. The van der Waals surface area contributed by atoms with Crippen molar-refractivity contribution in [2.24, 2.45) is 5.92 Å². The monoisotopic (exact) mass is 422 g/mol. The lowest BCUT2D eigenvalue weighted by Gasteiger charge is -2.39. The topological polar surface area (TPSA) is 69.6 Å². The average Bonchev–Trinajstić information content (AvgIpc) is 3.04. The fourth-order valence-corrected chi connectivity index (χ4v) is 5.45. The van der Waals surface area contributed by atoms with Crippen molar-refractivity contribution < 1.29 is 14.7 Å². The van der Waals surface area contributed by atoms with E-state index in [1.807, 2.05) is 41.3 Å². The van der Waals surface area contributed by atoms with Gasteiger partial charge in [-0.05, 0) is 54.7 Å². The number of carboxylic acids is 1. The van der Waals surface area contributed by atoms with Gasteiger partial charge in [-0.2, -0.15) is 0 Å². The van der Waals surface area contributed by atoms with Gasteiger partial charge < -0.3 is 15.3 Å². The molecule has 1 amide bonds. The first-order valence-electron chi connectivity index (χ1n) is 10.4. The smallest absolute Gasteiger partial charge is 0.335 e. The molecule has 1 unspecified atom stereocenters. The molecule has 156 valence electrons. The Hall–Kier alpha value is -2.73. The number of rotatable bonds is 5. The van der Waals surface area contributed by atoms with Crippen LogP contribution < -0.4 is 5.32 Å². The number of hydrogen-bond acceptors (Lipinski definition) is 4. The highest BCUT2D eigenvalue weighted by molar-refractivity contribution is 8.05. The van der Waals surface area contributed by atoms with Crippen LogP contribution in [0.5, 0.6) is 0 Å². The van der Waals surface area contributed by atoms with Crippen LogP contribution in [0.15, 0.2) is 59.5 Å². The first-order valence-corrected chi connectivity index (χ1v) is 11.3. The van der Waals surface area contributed by atoms with Gasteiger partial charge in [-0.25, -0.2) is 4.79 Å². The van der Waals surface area contributed by atoms with Crippen LogP contribution >= 0.6 is 11.8 Å². The number of nitrogens with one attached hydrogen (secondary N) is 1. The summed E-state index contributed by atoms with van der Waals surface area (Å²) < 4.78 is 0. The van der Waals surface area contributed by atoms with E-state index in [9.17, 15) is 9.59 Å². The molecule has 0 bridgehead atoms. The van der Waals surface area contributed by atoms with Crippen LogP contribution in [0.1, 0.15) is 48.5 Å². The summed E-state index contributed by atoms with van der Waals surface area (Å²) in [7, 11) is 0. The van der Waals surface area contributed by atoms with Crippen molar-refractivity contribution in [2.75, 3.05) is 5.32 Å². The third-order valence-electron chi connectivity index (χ3n) is 5.88. The minimum Gasteiger partial charge on any atom is -0.478 e. The van der Waals surface area contributed by atoms with Crippen LogP contribution in [-0.2, 0) is 4.79 Å². The molecule has 0 radical (unpaired) electrons. The van der Waals surface area contributed by atoms with Crippen molar-refractivity contribution in [3.8, 4) is 0 Å². The Morgan fingerprint density at radius 3 is 2.47 bits per heavy atom. The van der Waals surface area contributed by atoms with Crippen molar-refractivity contribution >= 4 is 35.4 Å². The predicted octanol–water partition coefficient (Wildman–Crippen LogP) is 5.28. The van der Waals surface area contributed by atoms with E-state index >= 15 is 0 Å². The van der Waals surface area contributed by atoms with E-state index in [0.29, 0.717) is 10.8 Å². The normalized spacial score (nSPS) is 25.5. The number of carbonyl (C=O) groups is 2. The Bertz CT molecular complexity index is 943. The molecular weight excluding hydrogens is 396 g/mol. The van der Waals surface area contributed by atoms with Gasteiger partial charge in [0.15, 0.2) is 5.50 Å². The number of anilines is 1. The number of thioether (sulfide) groups is 1. The summed E-state index contributed by atoms with van der Waals surface area (Å²) in [6.07, 6.45) is 6.42. The minimum atomic E-state index is -0.954. The van der Waals surface area contributed by atoms with E-state index in [-0.39, 0.29) is 23.0 Å². The molecule has 30 heavy (non-hydrogen) atoms. The van der Waals surface area contributed by atoms with Crippen molar-refractivity contribution in [3.05, 3.63) is 70.6 Å². The van der Waals surface area contributed by atoms with E-state index in [1.165, 1.54) is 18.2 Å². The van der Waals surface area contributed by atoms with Gasteiger partial charge in [0, 0.05) is 11.7 Å². The summed E-state index contributed by atoms with van der Waals surface area (Å²) in [6.45, 7) is 2.24. The van der Waals surface area contributed by atoms with Gasteiger partial charge in [-0.15, -0.1) is 0 Å². The molecule has 2 fully saturated rings. The number of carboxylic acid groups (broad SMARTS) is 1. The number of benzene rings is 2. The summed E-state index contributed by atoms with van der Waals surface area (Å²) in [6, 6.07) is 16.8. The van der Waals surface area contributed by atoms with Crippen LogP contribution in [0, 0.1) is 5.92 Å². The Labute approximate surface area is 181 Å². The molecule has 1 heterocycles. The number of amides is 1. The zero-order valence-electron chi connectivity index (χ0n) is 17.0. The second kappa shape index (κ2) is 8.96. The van der Waals surface area contributed by atoms with Gasteiger partial charge in [0.05, 0.1) is 10.5 Å². The molecule has 1 aliphatic carbocycles. The second-order valence-corrected chi connectivity index (χ2v) is 9.08. The number of aromatic carboxylic acids is 1. The fourth-order valence-electron chi connectivity index (χ4n) is 4.24. The highest BCUT2D eigenvalue weighted by Gasteiger charge is 2.42. The molecule has 1 aliphatic heterocycles. The molecule has 3 atom stereocenters. The zero-order chi connectivity index (χ0) is 21.1. The third-order valence-corrected chi connectivity index (χ3v) is 6.99. The van der Waals surface area contributed by atoms with E-state index in [0.717, 1.165) is 30.5 Å². The molecule has 6 heteroatoms. The molecule has 4 rings (SSSR count). The summed E-state index contributed by atoms with van der Waals surface area (Å²) in [5, 5.41) is 12.6.